The maximum atomic E-state index is 13.0. The summed E-state index contributed by atoms with van der Waals surface area (Å²) in [6, 6.07) is 16.3. The van der Waals surface area contributed by atoms with Crippen molar-refractivity contribution < 1.29 is 24.2 Å². The molecule has 4 rings (SSSR count). The molecule has 2 unspecified atom stereocenters. The van der Waals surface area contributed by atoms with Crippen LogP contribution in [0.25, 0.3) is 11.1 Å². The Labute approximate surface area is 200 Å². The third kappa shape index (κ3) is 4.65. The van der Waals surface area contributed by atoms with Crippen LogP contribution in [0.3, 0.4) is 0 Å². The van der Waals surface area contributed by atoms with E-state index in [-0.39, 0.29) is 30.9 Å². The summed E-state index contributed by atoms with van der Waals surface area (Å²) in [6.45, 7) is 6.72. The van der Waals surface area contributed by atoms with E-state index in [4.69, 9.17) is 4.74 Å². The second-order valence-corrected chi connectivity index (χ2v) is 10.0. The maximum absolute atomic E-state index is 13.0. The molecule has 1 heterocycles. The summed E-state index contributed by atoms with van der Waals surface area (Å²) >= 11 is 0. The van der Waals surface area contributed by atoms with Crippen molar-refractivity contribution in [3.05, 3.63) is 59.7 Å². The Morgan fingerprint density at radius 1 is 1.03 bits per heavy atom. The van der Waals surface area contributed by atoms with Crippen LogP contribution in [0, 0.1) is 17.3 Å². The van der Waals surface area contributed by atoms with Gasteiger partial charge in [-0.25, -0.2) is 4.79 Å². The lowest BCUT2D eigenvalue weighted by atomic mass is 9.87. The molecule has 7 nitrogen and oxygen atoms in total. The Morgan fingerprint density at radius 2 is 1.62 bits per heavy atom. The van der Waals surface area contributed by atoms with Gasteiger partial charge in [0.1, 0.15) is 6.61 Å². The molecular formula is C27H32N2O5. The maximum Gasteiger partial charge on any atom is 0.407 e. The smallest absolute Gasteiger partial charge is 0.407 e. The van der Waals surface area contributed by atoms with Crippen LogP contribution in [-0.2, 0) is 14.3 Å². The van der Waals surface area contributed by atoms with Gasteiger partial charge in [0.05, 0.1) is 5.92 Å². The molecule has 2 aromatic rings. The molecular weight excluding hydrogens is 432 g/mol. The molecule has 0 spiro atoms. The molecule has 2 atom stereocenters. The molecule has 1 saturated heterocycles. The average molecular weight is 465 g/mol. The largest absolute Gasteiger partial charge is 0.481 e. The van der Waals surface area contributed by atoms with Crippen molar-refractivity contribution in [2.75, 3.05) is 26.2 Å². The first-order valence-electron chi connectivity index (χ1n) is 11.8. The standard InChI is InChI=1S/C27H32N2O5/c1-17-14-29(15-22(17)24(30)31)25(32)27(2,3)12-13-28-26(33)34-16-23-20-10-6-4-8-18(20)19-9-5-7-11-21(19)23/h4-11,17,22-23H,12-16H2,1-3H3,(H,28,33)(H,30,31). The van der Waals surface area contributed by atoms with Crippen LogP contribution in [-0.4, -0.2) is 54.2 Å². The molecule has 34 heavy (non-hydrogen) atoms. The number of hydrogen-bond donors (Lipinski definition) is 2. The zero-order valence-electron chi connectivity index (χ0n) is 19.9. The van der Waals surface area contributed by atoms with Crippen molar-refractivity contribution in [1.82, 2.24) is 10.2 Å². The van der Waals surface area contributed by atoms with Crippen molar-refractivity contribution in [3.63, 3.8) is 0 Å². The van der Waals surface area contributed by atoms with E-state index in [9.17, 15) is 19.5 Å². The van der Waals surface area contributed by atoms with Crippen molar-refractivity contribution >= 4 is 18.0 Å². The molecule has 1 fully saturated rings. The molecule has 0 aromatic heterocycles. The summed E-state index contributed by atoms with van der Waals surface area (Å²) in [7, 11) is 0. The van der Waals surface area contributed by atoms with Gasteiger partial charge in [-0.1, -0.05) is 69.3 Å². The summed E-state index contributed by atoms with van der Waals surface area (Å²) in [5.41, 5.74) is 3.94. The van der Waals surface area contributed by atoms with Crippen molar-refractivity contribution in [3.8, 4) is 11.1 Å². The van der Waals surface area contributed by atoms with E-state index >= 15 is 0 Å². The highest BCUT2D eigenvalue weighted by Gasteiger charge is 2.41. The van der Waals surface area contributed by atoms with Crippen molar-refractivity contribution in [2.45, 2.75) is 33.1 Å². The van der Waals surface area contributed by atoms with E-state index in [0.717, 1.165) is 11.1 Å². The summed E-state index contributed by atoms with van der Waals surface area (Å²) in [4.78, 5) is 38.4. The van der Waals surface area contributed by atoms with Crippen LogP contribution in [0.5, 0.6) is 0 Å². The molecule has 2 aliphatic rings. The molecule has 2 N–H and O–H groups in total. The number of nitrogens with zero attached hydrogens (tertiary/aromatic N) is 1. The summed E-state index contributed by atoms with van der Waals surface area (Å²) in [5, 5.41) is 12.1. The number of carbonyl (C=O) groups excluding carboxylic acids is 2. The van der Waals surface area contributed by atoms with Gasteiger partial charge in [-0.3, -0.25) is 9.59 Å². The number of likely N-dealkylation sites (tertiary alicyclic amines) is 1. The van der Waals surface area contributed by atoms with Crippen LogP contribution in [0.4, 0.5) is 4.79 Å². The normalized spacial score (nSPS) is 19.4. The van der Waals surface area contributed by atoms with E-state index in [0.29, 0.717) is 19.5 Å². The van der Waals surface area contributed by atoms with Gasteiger partial charge in [-0.2, -0.15) is 0 Å². The second-order valence-electron chi connectivity index (χ2n) is 10.0. The first kappa shape index (κ1) is 23.8. The predicted octanol–water partition coefficient (Wildman–Crippen LogP) is 4.12. The average Bonchev–Trinajstić information content (AvgIpc) is 3.35. The minimum Gasteiger partial charge on any atom is -0.481 e. The van der Waals surface area contributed by atoms with Crippen molar-refractivity contribution in [1.29, 1.82) is 0 Å². The molecule has 2 aromatic carbocycles. The lowest BCUT2D eigenvalue weighted by Crippen LogP contribution is -2.42. The predicted molar refractivity (Wildman–Crippen MR) is 128 cm³/mol. The fourth-order valence-electron chi connectivity index (χ4n) is 5.12. The van der Waals surface area contributed by atoms with Gasteiger partial charge in [0.2, 0.25) is 5.91 Å². The van der Waals surface area contributed by atoms with Gasteiger partial charge < -0.3 is 20.1 Å². The van der Waals surface area contributed by atoms with E-state index in [1.165, 1.54) is 11.1 Å². The Bertz CT molecular complexity index is 1050. The minimum atomic E-state index is -0.863. The Hall–Kier alpha value is -3.35. The number of aliphatic carboxylic acids is 1. The van der Waals surface area contributed by atoms with Gasteiger partial charge in [0.25, 0.3) is 0 Å². The molecule has 0 saturated carbocycles. The number of ether oxygens (including phenoxy) is 1. The lowest BCUT2D eigenvalue weighted by Gasteiger charge is -2.29. The minimum absolute atomic E-state index is 0.00416. The first-order chi connectivity index (χ1) is 16.2. The fraction of sp³-hybridized carbons (Fsp3) is 0.444. The molecule has 1 aliphatic heterocycles. The highest BCUT2D eigenvalue weighted by molar-refractivity contribution is 5.83. The molecule has 7 heteroatoms. The third-order valence-electron chi connectivity index (χ3n) is 7.16. The van der Waals surface area contributed by atoms with Crippen LogP contribution in [0.2, 0.25) is 0 Å². The SMILES string of the molecule is CC1CN(C(=O)C(C)(C)CCNC(=O)OCC2c3ccccc3-c3ccccc32)CC1C(=O)O. The summed E-state index contributed by atoms with van der Waals surface area (Å²) in [6.07, 6.45) is -0.0793. The van der Waals surface area contributed by atoms with Gasteiger partial charge in [0.15, 0.2) is 0 Å². The van der Waals surface area contributed by atoms with Crippen LogP contribution in [0.1, 0.15) is 44.2 Å². The van der Waals surface area contributed by atoms with E-state index in [1.54, 1.807) is 4.90 Å². The second kappa shape index (κ2) is 9.49. The highest BCUT2D eigenvalue weighted by atomic mass is 16.5. The Morgan fingerprint density at radius 3 is 2.18 bits per heavy atom. The fourth-order valence-corrected chi connectivity index (χ4v) is 5.12. The number of carboxylic acid groups (broad SMARTS) is 1. The van der Waals surface area contributed by atoms with E-state index in [2.05, 4.69) is 29.6 Å². The summed E-state index contributed by atoms with van der Waals surface area (Å²) < 4.78 is 5.56. The van der Waals surface area contributed by atoms with E-state index < -0.39 is 23.4 Å². The number of rotatable bonds is 7. The molecule has 1 aliphatic carbocycles. The van der Waals surface area contributed by atoms with Crippen molar-refractivity contribution in [2.24, 2.45) is 17.3 Å². The number of nitrogens with one attached hydrogen (secondary N) is 1. The number of benzene rings is 2. The number of carbonyl (C=O) groups is 3. The number of carboxylic acids is 1. The molecule has 0 bridgehead atoms. The van der Waals surface area contributed by atoms with E-state index in [1.807, 2.05) is 45.0 Å². The summed E-state index contributed by atoms with van der Waals surface area (Å²) in [5.74, 6) is -1.56. The molecule has 2 amide bonds. The Balaban J connectivity index is 1.28. The van der Waals surface area contributed by atoms with Gasteiger partial charge >= 0.3 is 12.1 Å². The number of fused-ring (bicyclic) bond motifs is 3. The van der Waals surface area contributed by atoms with Gasteiger partial charge in [-0.15, -0.1) is 0 Å². The van der Waals surface area contributed by atoms with Gasteiger partial charge in [-0.05, 0) is 34.6 Å². The van der Waals surface area contributed by atoms with Crippen LogP contribution >= 0.6 is 0 Å². The topological polar surface area (TPSA) is 95.9 Å². The monoisotopic (exact) mass is 464 g/mol. The quantitative estimate of drug-likeness (QED) is 0.643. The number of amides is 2. The van der Waals surface area contributed by atoms with Crippen LogP contribution in [0.15, 0.2) is 48.5 Å². The zero-order valence-corrected chi connectivity index (χ0v) is 19.9. The molecule has 180 valence electrons. The highest BCUT2D eigenvalue weighted by Crippen LogP contribution is 2.44. The zero-order chi connectivity index (χ0) is 24.5. The lowest BCUT2D eigenvalue weighted by molar-refractivity contribution is -0.143. The van der Waals surface area contributed by atoms with Gasteiger partial charge in [0, 0.05) is 31.0 Å². The molecule has 0 radical (unpaired) electrons. The Kier molecular flexibility index (Phi) is 6.64. The van der Waals surface area contributed by atoms with Crippen LogP contribution < -0.4 is 5.32 Å². The third-order valence-corrected chi connectivity index (χ3v) is 7.16. The number of hydrogen-bond acceptors (Lipinski definition) is 4. The first-order valence-corrected chi connectivity index (χ1v) is 11.8. The number of alkyl carbamates (subject to hydrolysis) is 1.